The second-order valence-corrected chi connectivity index (χ2v) is 5.21. The van der Waals surface area contributed by atoms with Gasteiger partial charge in [-0.25, -0.2) is 9.97 Å². The van der Waals surface area contributed by atoms with E-state index in [4.69, 9.17) is 10.5 Å². The number of nitrogens with zero attached hydrogens (tertiary/aromatic N) is 4. The molecule has 2 aromatic carbocycles. The molecule has 7 heteroatoms. The van der Waals surface area contributed by atoms with Gasteiger partial charge in [0.2, 0.25) is 0 Å². The number of carbonyl (C=O) groups is 1. The van der Waals surface area contributed by atoms with E-state index in [9.17, 15) is 4.79 Å². The van der Waals surface area contributed by atoms with Crippen molar-refractivity contribution in [2.75, 3.05) is 10.6 Å². The van der Waals surface area contributed by atoms with Gasteiger partial charge in [-0.2, -0.15) is 10.5 Å². The van der Waals surface area contributed by atoms with Crippen molar-refractivity contribution in [2.24, 2.45) is 0 Å². The molecule has 0 bridgehead atoms. The molecule has 0 spiro atoms. The molecular weight excluding hydrogens is 328 g/mol. The van der Waals surface area contributed by atoms with Crippen molar-refractivity contribution >= 4 is 23.1 Å². The number of hydrogen-bond donors (Lipinski definition) is 2. The molecule has 0 atom stereocenters. The number of hydrogen-bond acceptors (Lipinski definition) is 6. The van der Waals surface area contributed by atoms with E-state index < -0.39 is 5.91 Å². The van der Waals surface area contributed by atoms with Crippen LogP contribution in [0.4, 0.5) is 17.2 Å². The Kier molecular flexibility index (Phi) is 4.83. The third kappa shape index (κ3) is 3.81. The fraction of sp³-hybridized carbons (Fsp3) is 0. The smallest absolute Gasteiger partial charge is 0.275 e. The van der Waals surface area contributed by atoms with Crippen molar-refractivity contribution in [1.82, 2.24) is 9.97 Å². The predicted molar refractivity (Wildman–Crippen MR) is 95.6 cm³/mol. The summed E-state index contributed by atoms with van der Waals surface area (Å²) in [6.07, 6.45) is 2.76. The molecule has 2 N–H and O–H groups in total. The molecule has 0 aliphatic heterocycles. The SMILES string of the molecule is N#Cc1ccc(NC(=O)c2cnc(Nc3ccccc3C#N)cn2)cc1. The fourth-order valence-electron chi connectivity index (χ4n) is 2.16. The van der Waals surface area contributed by atoms with E-state index in [-0.39, 0.29) is 5.69 Å². The van der Waals surface area contributed by atoms with Crippen molar-refractivity contribution in [3.05, 3.63) is 77.7 Å². The molecule has 1 amide bonds. The predicted octanol–water partition coefficient (Wildman–Crippen LogP) is 3.22. The fourth-order valence-corrected chi connectivity index (χ4v) is 2.16. The van der Waals surface area contributed by atoms with Crippen LogP contribution >= 0.6 is 0 Å². The summed E-state index contributed by atoms with van der Waals surface area (Å²) < 4.78 is 0. The van der Waals surface area contributed by atoms with Crippen LogP contribution in [0.3, 0.4) is 0 Å². The summed E-state index contributed by atoms with van der Waals surface area (Å²) in [5, 5.41) is 23.5. The third-order valence-corrected chi connectivity index (χ3v) is 3.47. The third-order valence-electron chi connectivity index (χ3n) is 3.47. The van der Waals surface area contributed by atoms with Gasteiger partial charge in [-0.05, 0) is 36.4 Å². The molecule has 7 nitrogen and oxygen atoms in total. The number of anilines is 3. The van der Waals surface area contributed by atoms with Crippen molar-refractivity contribution in [3.8, 4) is 12.1 Å². The lowest BCUT2D eigenvalue weighted by atomic mass is 10.2. The second-order valence-electron chi connectivity index (χ2n) is 5.21. The van der Waals surface area contributed by atoms with Gasteiger partial charge in [0.05, 0.1) is 35.3 Å². The van der Waals surface area contributed by atoms with Crippen LogP contribution in [0, 0.1) is 22.7 Å². The van der Waals surface area contributed by atoms with Crippen LogP contribution in [-0.4, -0.2) is 15.9 Å². The van der Waals surface area contributed by atoms with E-state index in [0.717, 1.165) is 0 Å². The minimum Gasteiger partial charge on any atom is -0.338 e. The summed E-state index contributed by atoms with van der Waals surface area (Å²) in [5.41, 5.74) is 2.31. The zero-order valence-corrected chi connectivity index (χ0v) is 13.5. The number of aromatic nitrogens is 2. The minimum absolute atomic E-state index is 0.147. The van der Waals surface area contributed by atoms with Crippen LogP contribution in [0.2, 0.25) is 0 Å². The molecule has 0 aliphatic rings. The second kappa shape index (κ2) is 7.56. The summed E-state index contributed by atoms with van der Waals surface area (Å²) in [4.78, 5) is 20.4. The van der Waals surface area contributed by atoms with E-state index in [1.165, 1.54) is 12.4 Å². The molecule has 0 unspecified atom stereocenters. The average Bonchev–Trinajstić information content (AvgIpc) is 2.69. The number of para-hydroxylation sites is 1. The topological polar surface area (TPSA) is 114 Å². The lowest BCUT2D eigenvalue weighted by Gasteiger charge is -2.08. The lowest BCUT2D eigenvalue weighted by Crippen LogP contribution is -2.14. The maximum atomic E-state index is 12.2. The lowest BCUT2D eigenvalue weighted by molar-refractivity contribution is 0.102. The number of benzene rings is 2. The number of nitrogens with one attached hydrogen (secondary N) is 2. The van der Waals surface area contributed by atoms with E-state index >= 15 is 0 Å². The quantitative estimate of drug-likeness (QED) is 0.753. The monoisotopic (exact) mass is 340 g/mol. The normalized spacial score (nSPS) is 9.62. The molecule has 0 fully saturated rings. The van der Waals surface area contributed by atoms with Crippen LogP contribution in [0.1, 0.15) is 21.6 Å². The van der Waals surface area contributed by atoms with Crippen molar-refractivity contribution in [2.45, 2.75) is 0 Å². The van der Waals surface area contributed by atoms with Gasteiger partial charge < -0.3 is 10.6 Å². The van der Waals surface area contributed by atoms with Crippen molar-refractivity contribution in [1.29, 1.82) is 10.5 Å². The molecule has 3 aromatic rings. The standard InChI is InChI=1S/C19H12N6O/c20-9-13-5-7-15(8-6-13)24-19(26)17-11-23-18(12-22-17)25-16-4-2-1-3-14(16)10-21/h1-8,11-12H,(H,23,25)(H,24,26). The maximum Gasteiger partial charge on any atom is 0.275 e. The van der Waals surface area contributed by atoms with Crippen molar-refractivity contribution < 1.29 is 4.79 Å². The van der Waals surface area contributed by atoms with E-state index in [1.807, 2.05) is 6.07 Å². The summed E-state index contributed by atoms with van der Waals surface area (Å²) >= 11 is 0. The zero-order chi connectivity index (χ0) is 18.4. The molecule has 0 aliphatic carbocycles. The Balaban J connectivity index is 1.69. The highest BCUT2D eigenvalue weighted by atomic mass is 16.1. The molecule has 0 radical (unpaired) electrons. The molecule has 3 rings (SSSR count). The van der Waals surface area contributed by atoms with Crippen LogP contribution in [0.15, 0.2) is 60.9 Å². The molecule has 26 heavy (non-hydrogen) atoms. The first-order valence-corrected chi connectivity index (χ1v) is 7.59. The summed E-state index contributed by atoms with van der Waals surface area (Å²) in [6.45, 7) is 0. The van der Waals surface area contributed by atoms with Gasteiger partial charge in [0, 0.05) is 5.69 Å². The summed E-state index contributed by atoms with van der Waals surface area (Å²) in [7, 11) is 0. The van der Waals surface area contributed by atoms with Gasteiger partial charge in [0.25, 0.3) is 5.91 Å². The average molecular weight is 340 g/mol. The van der Waals surface area contributed by atoms with Gasteiger partial charge in [-0.15, -0.1) is 0 Å². The highest BCUT2D eigenvalue weighted by Gasteiger charge is 2.09. The van der Waals surface area contributed by atoms with Gasteiger partial charge in [-0.3, -0.25) is 4.79 Å². The Labute approximate surface area is 149 Å². The minimum atomic E-state index is -0.411. The number of carbonyl (C=O) groups excluding carboxylic acids is 1. The van der Waals surface area contributed by atoms with E-state index in [1.54, 1.807) is 48.5 Å². The number of nitriles is 2. The molecule has 1 aromatic heterocycles. The van der Waals surface area contributed by atoms with Crippen LogP contribution in [0.5, 0.6) is 0 Å². The van der Waals surface area contributed by atoms with Gasteiger partial charge >= 0.3 is 0 Å². The van der Waals surface area contributed by atoms with Gasteiger partial charge in [0.15, 0.2) is 0 Å². The molecule has 0 saturated carbocycles. The van der Waals surface area contributed by atoms with Crippen LogP contribution in [0.25, 0.3) is 0 Å². The molecule has 124 valence electrons. The Hall–Kier alpha value is -4.23. The Morgan fingerprint density at radius 2 is 1.69 bits per heavy atom. The Morgan fingerprint density at radius 1 is 0.923 bits per heavy atom. The first-order valence-electron chi connectivity index (χ1n) is 7.59. The van der Waals surface area contributed by atoms with Crippen molar-refractivity contribution in [3.63, 3.8) is 0 Å². The highest BCUT2D eigenvalue weighted by molar-refractivity contribution is 6.02. The zero-order valence-electron chi connectivity index (χ0n) is 13.5. The number of amides is 1. The van der Waals surface area contributed by atoms with E-state index in [0.29, 0.717) is 28.3 Å². The molecule has 0 saturated heterocycles. The Bertz CT molecular complexity index is 1010. The summed E-state index contributed by atoms with van der Waals surface area (Å²) in [6, 6.07) is 17.6. The van der Waals surface area contributed by atoms with Crippen LogP contribution < -0.4 is 10.6 Å². The molecule has 1 heterocycles. The highest BCUT2D eigenvalue weighted by Crippen LogP contribution is 2.18. The van der Waals surface area contributed by atoms with E-state index in [2.05, 4.69) is 26.7 Å². The van der Waals surface area contributed by atoms with Crippen LogP contribution in [-0.2, 0) is 0 Å². The van der Waals surface area contributed by atoms with Gasteiger partial charge in [0.1, 0.15) is 17.6 Å². The summed E-state index contributed by atoms with van der Waals surface area (Å²) in [5.74, 6) is 0.00815. The number of rotatable bonds is 4. The Morgan fingerprint density at radius 3 is 2.35 bits per heavy atom. The largest absolute Gasteiger partial charge is 0.338 e. The van der Waals surface area contributed by atoms with Gasteiger partial charge in [-0.1, -0.05) is 12.1 Å². The molecular formula is C19H12N6O. The first kappa shape index (κ1) is 16.6. The maximum absolute atomic E-state index is 12.2. The first-order chi connectivity index (χ1) is 12.7.